The quantitative estimate of drug-likeness (QED) is 0.495. The molecule has 1 aromatic rings. The van der Waals surface area contributed by atoms with E-state index in [-0.39, 0.29) is 11.3 Å². The fraction of sp³-hybridized carbons (Fsp3) is 0. The number of hydrogen-bond acceptors (Lipinski definition) is 4. The molecular weight excluding hydrogens is 232 g/mol. The summed E-state index contributed by atoms with van der Waals surface area (Å²) in [5.74, 6) is -1.30. The number of carbonyl (C=O) groups is 1. The highest BCUT2D eigenvalue weighted by molar-refractivity contribution is 7.91. The highest BCUT2D eigenvalue weighted by atomic mass is 32.2. The van der Waals surface area contributed by atoms with Gasteiger partial charge in [0.15, 0.2) is 4.91 Å². The number of amides is 1. The first-order chi connectivity index (χ1) is 7.34. The van der Waals surface area contributed by atoms with Crippen molar-refractivity contribution in [2.24, 2.45) is 11.5 Å². The number of rotatable bonds is 3. The molecule has 6 nitrogen and oxygen atoms in total. The van der Waals surface area contributed by atoms with Crippen LogP contribution in [0.3, 0.4) is 0 Å². The summed E-state index contributed by atoms with van der Waals surface area (Å²) < 4.78 is 30.6. The summed E-state index contributed by atoms with van der Waals surface area (Å²) in [7, 11) is -4.73. The predicted molar refractivity (Wildman–Crippen MR) is 58.3 cm³/mol. The molecule has 5 N–H and O–H groups in total. The van der Waals surface area contributed by atoms with Gasteiger partial charge in [0, 0.05) is 0 Å². The van der Waals surface area contributed by atoms with E-state index in [0.717, 1.165) is 0 Å². The summed E-state index contributed by atoms with van der Waals surface area (Å²) in [6, 6.07) is 7.87. The highest BCUT2D eigenvalue weighted by Gasteiger charge is 2.24. The van der Waals surface area contributed by atoms with E-state index in [1.807, 2.05) is 0 Å². The minimum absolute atomic E-state index is 0.286. The predicted octanol–water partition coefficient (Wildman–Crippen LogP) is -0.313. The van der Waals surface area contributed by atoms with E-state index in [4.69, 9.17) is 16.0 Å². The number of benzene rings is 1. The van der Waals surface area contributed by atoms with E-state index >= 15 is 0 Å². The molecule has 1 aromatic carbocycles. The molecule has 0 fully saturated rings. The average Bonchev–Trinajstić information content (AvgIpc) is 2.16. The lowest BCUT2D eigenvalue weighted by molar-refractivity contribution is -0.113. The van der Waals surface area contributed by atoms with Crippen molar-refractivity contribution >= 4 is 21.7 Å². The lowest BCUT2D eigenvalue weighted by Crippen LogP contribution is -2.24. The Labute approximate surface area is 92.3 Å². The van der Waals surface area contributed by atoms with Gasteiger partial charge in [-0.05, 0) is 5.56 Å². The molecule has 16 heavy (non-hydrogen) atoms. The first-order valence-corrected chi connectivity index (χ1v) is 5.60. The van der Waals surface area contributed by atoms with Crippen LogP contribution in [-0.4, -0.2) is 18.9 Å². The van der Waals surface area contributed by atoms with Gasteiger partial charge in [-0.1, -0.05) is 30.3 Å². The average molecular weight is 242 g/mol. The zero-order chi connectivity index (χ0) is 12.3. The maximum Gasteiger partial charge on any atom is 0.302 e. The molecule has 0 spiro atoms. The second-order valence-electron chi connectivity index (χ2n) is 2.95. The Morgan fingerprint density at radius 1 is 1.12 bits per heavy atom. The van der Waals surface area contributed by atoms with Gasteiger partial charge < -0.3 is 11.5 Å². The Kier molecular flexibility index (Phi) is 3.31. The van der Waals surface area contributed by atoms with Crippen LogP contribution in [0.1, 0.15) is 5.56 Å². The number of hydrogen-bond donors (Lipinski definition) is 3. The third-order valence-corrected chi connectivity index (χ3v) is 2.75. The zero-order valence-corrected chi connectivity index (χ0v) is 8.94. The van der Waals surface area contributed by atoms with Crippen LogP contribution < -0.4 is 11.5 Å². The maximum absolute atomic E-state index is 10.9. The Bertz CT molecular complexity index is 534. The summed E-state index contributed by atoms with van der Waals surface area (Å²) >= 11 is 0. The lowest BCUT2D eigenvalue weighted by Gasteiger charge is -2.06. The van der Waals surface area contributed by atoms with Gasteiger partial charge in [0.1, 0.15) is 0 Å². The van der Waals surface area contributed by atoms with Gasteiger partial charge in [0.2, 0.25) is 0 Å². The first kappa shape index (κ1) is 12.2. The van der Waals surface area contributed by atoms with Gasteiger partial charge in [0.05, 0.1) is 5.70 Å². The third-order valence-electron chi connectivity index (χ3n) is 1.81. The molecule has 0 unspecified atom stereocenters. The van der Waals surface area contributed by atoms with Crippen LogP contribution in [0.2, 0.25) is 0 Å². The SMILES string of the molecule is NC(=O)C(=C(N)c1ccccc1)S(=O)(=O)O. The van der Waals surface area contributed by atoms with Crippen molar-refractivity contribution < 1.29 is 17.8 Å². The number of primary amides is 1. The Morgan fingerprint density at radius 2 is 1.62 bits per heavy atom. The molecule has 0 aliphatic carbocycles. The van der Waals surface area contributed by atoms with Crippen LogP contribution in [0, 0.1) is 0 Å². The van der Waals surface area contributed by atoms with Crippen molar-refractivity contribution in [3.63, 3.8) is 0 Å². The topological polar surface area (TPSA) is 123 Å². The third kappa shape index (κ3) is 2.59. The van der Waals surface area contributed by atoms with Crippen molar-refractivity contribution in [2.45, 2.75) is 0 Å². The summed E-state index contributed by atoms with van der Waals surface area (Å²) in [4.78, 5) is 9.90. The molecule has 7 heteroatoms. The van der Waals surface area contributed by atoms with Gasteiger partial charge in [-0.2, -0.15) is 8.42 Å². The van der Waals surface area contributed by atoms with Crippen molar-refractivity contribution in [3.8, 4) is 0 Å². The maximum atomic E-state index is 10.9. The van der Waals surface area contributed by atoms with Gasteiger partial charge in [-0.3, -0.25) is 9.35 Å². The second kappa shape index (κ2) is 4.33. The van der Waals surface area contributed by atoms with E-state index < -0.39 is 20.9 Å². The van der Waals surface area contributed by atoms with E-state index in [9.17, 15) is 13.2 Å². The number of carbonyl (C=O) groups excluding carboxylic acids is 1. The van der Waals surface area contributed by atoms with Crippen molar-refractivity contribution in [1.29, 1.82) is 0 Å². The minimum Gasteiger partial charge on any atom is -0.397 e. The Morgan fingerprint density at radius 3 is 2.00 bits per heavy atom. The molecule has 1 amide bonds. The van der Waals surface area contributed by atoms with Crippen molar-refractivity contribution in [2.75, 3.05) is 0 Å². The molecule has 0 bridgehead atoms. The molecular formula is C9H10N2O4S. The van der Waals surface area contributed by atoms with Crippen LogP contribution in [-0.2, 0) is 14.9 Å². The summed E-state index contributed by atoms with van der Waals surface area (Å²) in [5, 5.41) is 0. The first-order valence-electron chi connectivity index (χ1n) is 4.16. The molecule has 0 atom stereocenters. The molecule has 0 saturated heterocycles. The van der Waals surface area contributed by atoms with E-state index in [2.05, 4.69) is 0 Å². The van der Waals surface area contributed by atoms with Gasteiger partial charge in [0.25, 0.3) is 5.91 Å². The molecule has 86 valence electrons. The van der Waals surface area contributed by atoms with Crippen LogP contribution >= 0.6 is 0 Å². The molecule has 0 aliphatic heterocycles. The van der Waals surface area contributed by atoms with E-state index in [1.165, 1.54) is 12.1 Å². The minimum atomic E-state index is -4.73. The summed E-state index contributed by atoms with van der Waals surface area (Å²) in [5.41, 5.74) is 10.2. The second-order valence-corrected chi connectivity index (χ2v) is 4.31. The standard InChI is InChI=1S/C9H10N2O4S/c10-7(6-4-2-1-3-5-6)8(9(11)12)16(13,14)15/h1-5H,10H2,(H2,11,12)(H,13,14,15). The molecule has 0 saturated carbocycles. The smallest absolute Gasteiger partial charge is 0.302 e. The molecule has 0 heterocycles. The molecule has 0 aliphatic rings. The Balaban J connectivity index is 3.47. The van der Waals surface area contributed by atoms with Crippen LogP contribution in [0.25, 0.3) is 5.70 Å². The van der Waals surface area contributed by atoms with Crippen LogP contribution in [0.5, 0.6) is 0 Å². The highest BCUT2D eigenvalue weighted by Crippen LogP contribution is 2.16. The number of nitrogens with two attached hydrogens (primary N) is 2. The fourth-order valence-corrected chi connectivity index (χ4v) is 1.80. The fourth-order valence-electron chi connectivity index (χ4n) is 1.15. The van der Waals surface area contributed by atoms with Crippen LogP contribution in [0.4, 0.5) is 0 Å². The zero-order valence-electron chi connectivity index (χ0n) is 8.12. The summed E-state index contributed by atoms with van der Waals surface area (Å²) in [6.45, 7) is 0. The van der Waals surface area contributed by atoms with Gasteiger partial charge in [-0.25, -0.2) is 0 Å². The largest absolute Gasteiger partial charge is 0.397 e. The Hall–Kier alpha value is -1.86. The van der Waals surface area contributed by atoms with Crippen LogP contribution in [0.15, 0.2) is 35.2 Å². The molecule has 1 rings (SSSR count). The van der Waals surface area contributed by atoms with Gasteiger partial charge >= 0.3 is 10.1 Å². The van der Waals surface area contributed by atoms with Gasteiger partial charge in [-0.15, -0.1) is 0 Å². The monoisotopic (exact) mass is 242 g/mol. The van der Waals surface area contributed by atoms with Crippen molar-refractivity contribution in [1.82, 2.24) is 0 Å². The van der Waals surface area contributed by atoms with E-state index in [1.54, 1.807) is 18.2 Å². The molecule has 0 radical (unpaired) electrons. The van der Waals surface area contributed by atoms with Crippen molar-refractivity contribution in [3.05, 3.63) is 40.8 Å². The molecule has 0 aromatic heterocycles. The lowest BCUT2D eigenvalue weighted by atomic mass is 10.1. The summed E-state index contributed by atoms with van der Waals surface area (Å²) in [6.07, 6.45) is 0. The van der Waals surface area contributed by atoms with E-state index in [0.29, 0.717) is 0 Å². The normalized spacial score (nSPS) is 13.1.